The van der Waals surface area contributed by atoms with Crippen LogP contribution in [0, 0.1) is 5.82 Å². The summed E-state index contributed by atoms with van der Waals surface area (Å²) in [6, 6.07) is 7.56. The quantitative estimate of drug-likeness (QED) is 0.808. The molecular formula is C12H7Br2FN2O. The number of anilines is 1. The van der Waals surface area contributed by atoms with Gasteiger partial charge in [-0.15, -0.1) is 0 Å². The first-order chi connectivity index (χ1) is 8.56. The van der Waals surface area contributed by atoms with Crippen molar-refractivity contribution in [2.45, 2.75) is 0 Å². The van der Waals surface area contributed by atoms with Crippen LogP contribution in [0.3, 0.4) is 0 Å². The van der Waals surface area contributed by atoms with Gasteiger partial charge in [-0.05, 0) is 62.2 Å². The molecule has 1 aromatic carbocycles. The first-order valence-electron chi connectivity index (χ1n) is 4.94. The third-order valence-corrected chi connectivity index (χ3v) is 3.24. The molecule has 0 fully saturated rings. The number of nitrogens with one attached hydrogen (secondary N) is 1. The van der Waals surface area contributed by atoms with Crippen LogP contribution in [0.1, 0.15) is 10.4 Å². The van der Waals surface area contributed by atoms with Gasteiger partial charge in [-0.2, -0.15) is 0 Å². The molecule has 0 aliphatic heterocycles. The van der Waals surface area contributed by atoms with Gasteiger partial charge in [0.2, 0.25) is 0 Å². The molecule has 0 spiro atoms. The molecule has 1 amide bonds. The van der Waals surface area contributed by atoms with Crippen LogP contribution < -0.4 is 5.32 Å². The molecule has 1 N–H and O–H groups in total. The molecule has 0 atom stereocenters. The van der Waals surface area contributed by atoms with Crippen LogP contribution in [0.4, 0.5) is 10.1 Å². The maximum atomic E-state index is 13.3. The van der Waals surface area contributed by atoms with Crippen LogP contribution in [0.5, 0.6) is 0 Å². The van der Waals surface area contributed by atoms with Crippen LogP contribution >= 0.6 is 31.9 Å². The number of hydrogen-bond acceptors (Lipinski definition) is 2. The van der Waals surface area contributed by atoms with E-state index in [-0.39, 0.29) is 5.91 Å². The van der Waals surface area contributed by atoms with E-state index in [2.05, 4.69) is 42.2 Å². The number of nitrogens with zero attached hydrogens (tertiary/aromatic N) is 1. The first kappa shape index (κ1) is 13.2. The zero-order valence-corrected chi connectivity index (χ0v) is 12.1. The van der Waals surface area contributed by atoms with Gasteiger partial charge < -0.3 is 5.32 Å². The molecule has 6 heteroatoms. The molecular weight excluding hydrogens is 367 g/mol. The third kappa shape index (κ3) is 3.14. The molecule has 0 aliphatic rings. The standard InChI is InChI=1S/C12H7Br2FN2O/c13-9-2-1-8(6-10(9)15)17-12(18)7-3-4-16-11(14)5-7/h1-6H,(H,17,18). The highest BCUT2D eigenvalue weighted by Gasteiger charge is 2.08. The lowest BCUT2D eigenvalue weighted by Gasteiger charge is -2.06. The van der Waals surface area contributed by atoms with E-state index < -0.39 is 5.82 Å². The summed E-state index contributed by atoms with van der Waals surface area (Å²) < 4.78 is 14.2. The summed E-state index contributed by atoms with van der Waals surface area (Å²) in [6.07, 6.45) is 1.52. The fraction of sp³-hybridized carbons (Fsp3) is 0. The van der Waals surface area contributed by atoms with E-state index >= 15 is 0 Å². The molecule has 1 aromatic heterocycles. The van der Waals surface area contributed by atoms with Gasteiger partial charge in [-0.1, -0.05) is 0 Å². The van der Waals surface area contributed by atoms with Gasteiger partial charge in [-0.25, -0.2) is 9.37 Å². The third-order valence-electron chi connectivity index (χ3n) is 2.17. The summed E-state index contributed by atoms with van der Waals surface area (Å²) in [5.41, 5.74) is 0.842. The minimum atomic E-state index is -0.427. The second kappa shape index (κ2) is 5.58. The average Bonchev–Trinajstić information content (AvgIpc) is 2.34. The topological polar surface area (TPSA) is 42.0 Å². The van der Waals surface area contributed by atoms with Crippen molar-refractivity contribution in [1.29, 1.82) is 0 Å². The number of carbonyl (C=O) groups excluding carboxylic acids is 1. The fourth-order valence-electron chi connectivity index (χ4n) is 1.32. The predicted molar refractivity (Wildman–Crippen MR) is 74.0 cm³/mol. The van der Waals surface area contributed by atoms with E-state index in [4.69, 9.17) is 0 Å². The Morgan fingerprint density at radius 2 is 2.00 bits per heavy atom. The van der Waals surface area contributed by atoms with Gasteiger partial charge in [0, 0.05) is 17.4 Å². The number of halogens is 3. The van der Waals surface area contributed by atoms with E-state index in [1.54, 1.807) is 18.2 Å². The van der Waals surface area contributed by atoms with Gasteiger partial charge in [-0.3, -0.25) is 4.79 Å². The Bertz CT molecular complexity index is 604. The maximum absolute atomic E-state index is 13.3. The van der Waals surface area contributed by atoms with Gasteiger partial charge in [0.05, 0.1) is 4.47 Å². The number of pyridine rings is 1. The smallest absolute Gasteiger partial charge is 0.255 e. The summed E-state index contributed by atoms with van der Waals surface area (Å²) in [7, 11) is 0. The average molecular weight is 374 g/mol. The van der Waals surface area contributed by atoms with Gasteiger partial charge >= 0.3 is 0 Å². The zero-order chi connectivity index (χ0) is 13.1. The minimum Gasteiger partial charge on any atom is -0.322 e. The molecule has 0 saturated carbocycles. The molecule has 18 heavy (non-hydrogen) atoms. The van der Waals surface area contributed by atoms with Crippen molar-refractivity contribution in [3.63, 3.8) is 0 Å². The predicted octanol–water partition coefficient (Wildman–Crippen LogP) is 4.00. The zero-order valence-electron chi connectivity index (χ0n) is 8.95. The summed E-state index contributed by atoms with van der Waals surface area (Å²) >= 11 is 6.23. The summed E-state index contributed by atoms with van der Waals surface area (Å²) in [4.78, 5) is 15.8. The Balaban J connectivity index is 2.18. The monoisotopic (exact) mass is 372 g/mol. The maximum Gasteiger partial charge on any atom is 0.255 e. The lowest BCUT2D eigenvalue weighted by Crippen LogP contribution is -2.12. The molecule has 0 saturated heterocycles. The van der Waals surface area contributed by atoms with Crippen molar-refractivity contribution >= 4 is 43.5 Å². The molecule has 0 radical (unpaired) electrons. The molecule has 0 aliphatic carbocycles. The van der Waals surface area contributed by atoms with Crippen LogP contribution in [-0.4, -0.2) is 10.9 Å². The van der Waals surface area contributed by atoms with E-state index in [1.807, 2.05) is 0 Å². The highest BCUT2D eigenvalue weighted by atomic mass is 79.9. The summed E-state index contributed by atoms with van der Waals surface area (Å²) in [6.45, 7) is 0. The number of carbonyl (C=O) groups is 1. The van der Waals surface area contributed by atoms with E-state index in [9.17, 15) is 9.18 Å². The first-order valence-corrected chi connectivity index (χ1v) is 6.53. The van der Waals surface area contributed by atoms with Crippen molar-refractivity contribution in [2.24, 2.45) is 0 Å². The fourth-order valence-corrected chi connectivity index (χ4v) is 1.93. The lowest BCUT2D eigenvalue weighted by molar-refractivity contribution is 0.102. The second-order valence-corrected chi connectivity index (χ2v) is 5.12. The van der Waals surface area contributed by atoms with Gasteiger partial charge in [0.1, 0.15) is 10.4 Å². The van der Waals surface area contributed by atoms with Crippen LogP contribution in [0.25, 0.3) is 0 Å². The minimum absolute atomic E-state index is 0.320. The van der Waals surface area contributed by atoms with Crippen LogP contribution in [0.2, 0.25) is 0 Å². The number of rotatable bonds is 2. The Morgan fingerprint density at radius 1 is 1.22 bits per heavy atom. The van der Waals surface area contributed by atoms with Crippen LogP contribution in [-0.2, 0) is 0 Å². The Hall–Kier alpha value is -1.27. The molecule has 2 rings (SSSR count). The van der Waals surface area contributed by atoms with Crippen LogP contribution in [0.15, 0.2) is 45.6 Å². The van der Waals surface area contributed by atoms with E-state index in [1.165, 1.54) is 18.3 Å². The van der Waals surface area contributed by atoms with Crippen molar-refractivity contribution in [1.82, 2.24) is 4.98 Å². The molecule has 3 nitrogen and oxygen atoms in total. The normalized spacial score (nSPS) is 10.2. The Morgan fingerprint density at radius 3 is 2.67 bits per heavy atom. The van der Waals surface area contributed by atoms with Gasteiger partial charge in [0.15, 0.2) is 0 Å². The van der Waals surface area contributed by atoms with Gasteiger partial charge in [0.25, 0.3) is 5.91 Å². The van der Waals surface area contributed by atoms with Crippen molar-refractivity contribution < 1.29 is 9.18 Å². The Kier molecular flexibility index (Phi) is 4.08. The van der Waals surface area contributed by atoms with Crippen molar-refractivity contribution in [2.75, 3.05) is 5.32 Å². The number of benzene rings is 1. The SMILES string of the molecule is O=C(Nc1ccc(Br)c(F)c1)c1ccnc(Br)c1. The van der Waals surface area contributed by atoms with Crippen molar-refractivity contribution in [3.8, 4) is 0 Å². The highest BCUT2D eigenvalue weighted by Crippen LogP contribution is 2.20. The lowest BCUT2D eigenvalue weighted by atomic mass is 10.2. The molecule has 2 aromatic rings. The number of amides is 1. The molecule has 0 bridgehead atoms. The number of hydrogen-bond donors (Lipinski definition) is 1. The van der Waals surface area contributed by atoms with E-state index in [0.29, 0.717) is 20.3 Å². The molecule has 92 valence electrons. The largest absolute Gasteiger partial charge is 0.322 e. The summed E-state index contributed by atoms with van der Waals surface area (Å²) in [5, 5.41) is 2.61. The molecule has 0 unspecified atom stereocenters. The molecule has 1 heterocycles. The second-order valence-electron chi connectivity index (χ2n) is 3.45. The summed E-state index contributed by atoms with van der Waals surface area (Å²) in [5.74, 6) is -0.747. The van der Waals surface area contributed by atoms with E-state index in [0.717, 1.165) is 0 Å². The Labute approximate surface area is 120 Å². The highest BCUT2D eigenvalue weighted by molar-refractivity contribution is 9.10. The van der Waals surface area contributed by atoms with Crippen molar-refractivity contribution in [3.05, 3.63) is 57.0 Å². The number of aromatic nitrogens is 1.